The van der Waals surface area contributed by atoms with Gasteiger partial charge in [-0.2, -0.15) is 0 Å². The van der Waals surface area contributed by atoms with Crippen molar-refractivity contribution < 1.29 is 18.7 Å². The Labute approximate surface area is 195 Å². The van der Waals surface area contributed by atoms with E-state index in [1.54, 1.807) is 24.4 Å². The number of hydrogen-bond acceptors (Lipinski definition) is 4. The van der Waals surface area contributed by atoms with Gasteiger partial charge in [0.2, 0.25) is 5.91 Å². The highest BCUT2D eigenvalue weighted by Gasteiger charge is 2.27. The number of ether oxygens (including phenoxy) is 1. The Morgan fingerprint density at radius 1 is 0.909 bits per heavy atom. The number of anilines is 1. The average molecular weight is 460 g/mol. The van der Waals surface area contributed by atoms with Crippen LogP contribution in [-0.2, 0) is 9.53 Å². The van der Waals surface area contributed by atoms with Crippen molar-refractivity contribution in [2.45, 2.75) is 12.8 Å². The Morgan fingerprint density at radius 3 is 2.03 bits per heavy atom. The minimum atomic E-state index is -0.557. The minimum Gasteiger partial charge on any atom is -0.462 e. The lowest BCUT2D eigenvalue weighted by Crippen LogP contribution is -2.23. The Bertz CT molecular complexity index is 1200. The summed E-state index contributed by atoms with van der Waals surface area (Å²) in [5.74, 6) is -1.72. The van der Waals surface area contributed by atoms with E-state index in [0.717, 1.165) is 11.1 Å². The van der Waals surface area contributed by atoms with Crippen molar-refractivity contribution in [3.63, 3.8) is 0 Å². The van der Waals surface area contributed by atoms with E-state index in [-0.39, 0.29) is 23.9 Å². The van der Waals surface area contributed by atoms with Gasteiger partial charge < -0.3 is 10.1 Å². The number of nitrogens with one attached hydrogen (secondary N) is 1. The summed E-state index contributed by atoms with van der Waals surface area (Å²) in [6.07, 6.45) is 0. The van der Waals surface area contributed by atoms with Gasteiger partial charge in [0.25, 0.3) is 0 Å². The average Bonchev–Trinajstić information content (AvgIpc) is 3.25. The molecule has 0 bridgehead atoms. The van der Waals surface area contributed by atoms with Gasteiger partial charge in [-0.15, -0.1) is 11.3 Å². The first-order valence-corrected chi connectivity index (χ1v) is 11.4. The fourth-order valence-corrected chi connectivity index (χ4v) is 4.63. The minimum absolute atomic E-state index is 0.196. The van der Waals surface area contributed by atoms with Crippen molar-refractivity contribution in [1.29, 1.82) is 0 Å². The van der Waals surface area contributed by atoms with Gasteiger partial charge in [-0.3, -0.25) is 4.79 Å². The fraction of sp³-hybridized carbons (Fsp3) is 0.111. The van der Waals surface area contributed by atoms with Crippen molar-refractivity contribution >= 4 is 28.2 Å². The summed E-state index contributed by atoms with van der Waals surface area (Å²) < 4.78 is 18.7. The highest BCUT2D eigenvalue weighted by molar-refractivity contribution is 7.15. The van der Waals surface area contributed by atoms with Gasteiger partial charge >= 0.3 is 5.97 Å². The second kappa shape index (κ2) is 10.2. The molecule has 1 amide bonds. The van der Waals surface area contributed by atoms with Crippen LogP contribution in [0.1, 0.15) is 34.3 Å². The van der Waals surface area contributed by atoms with Gasteiger partial charge in [-0.05, 0) is 35.7 Å². The SMILES string of the molecule is CCOC(=O)c1c(-c2ccc(F)cc2)csc1NC(=O)C(c1ccccc1)c1ccccc1. The number of rotatable bonds is 7. The molecule has 4 aromatic rings. The van der Waals surface area contributed by atoms with Crippen LogP contribution in [0, 0.1) is 5.82 Å². The lowest BCUT2D eigenvalue weighted by atomic mass is 9.90. The number of halogens is 1. The molecule has 0 radical (unpaired) electrons. The smallest absolute Gasteiger partial charge is 0.341 e. The molecule has 0 saturated heterocycles. The second-order valence-electron chi connectivity index (χ2n) is 7.32. The van der Waals surface area contributed by atoms with E-state index in [1.807, 2.05) is 60.7 Å². The van der Waals surface area contributed by atoms with Crippen molar-refractivity contribution in [2.75, 3.05) is 11.9 Å². The first kappa shape index (κ1) is 22.4. The van der Waals surface area contributed by atoms with Crippen molar-refractivity contribution in [3.8, 4) is 11.1 Å². The third-order valence-electron chi connectivity index (χ3n) is 5.19. The summed E-state index contributed by atoms with van der Waals surface area (Å²) in [5.41, 5.74) is 3.20. The lowest BCUT2D eigenvalue weighted by molar-refractivity contribution is -0.116. The molecule has 0 aliphatic heterocycles. The van der Waals surface area contributed by atoms with Crippen LogP contribution in [0.2, 0.25) is 0 Å². The molecule has 3 aromatic carbocycles. The third kappa shape index (κ3) is 5.02. The Hall–Kier alpha value is -3.77. The molecule has 33 heavy (non-hydrogen) atoms. The van der Waals surface area contributed by atoms with Crippen LogP contribution >= 0.6 is 11.3 Å². The van der Waals surface area contributed by atoms with Crippen LogP contribution in [0.4, 0.5) is 9.39 Å². The van der Waals surface area contributed by atoms with Crippen molar-refractivity contribution in [3.05, 3.63) is 113 Å². The molecule has 1 N–H and O–H groups in total. The zero-order valence-electron chi connectivity index (χ0n) is 18.0. The summed E-state index contributed by atoms with van der Waals surface area (Å²) in [7, 11) is 0. The summed E-state index contributed by atoms with van der Waals surface area (Å²) in [6.45, 7) is 1.92. The Morgan fingerprint density at radius 2 is 1.48 bits per heavy atom. The molecule has 4 nitrogen and oxygen atoms in total. The van der Waals surface area contributed by atoms with Gasteiger partial charge in [0.05, 0.1) is 12.5 Å². The molecule has 1 aromatic heterocycles. The predicted molar refractivity (Wildman–Crippen MR) is 129 cm³/mol. The topological polar surface area (TPSA) is 55.4 Å². The number of benzene rings is 3. The standard InChI is InChI=1S/C27H22FNO3S/c1-2-32-27(31)24-22(18-13-15-21(28)16-14-18)17-33-26(24)29-25(30)23(19-9-5-3-6-10-19)20-11-7-4-8-12-20/h3-17,23H,2H2,1H3,(H,29,30). The van der Waals surface area contributed by atoms with E-state index < -0.39 is 11.9 Å². The van der Waals surface area contributed by atoms with E-state index in [0.29, 0.717) is 16.1 Å². The maximum atomic E-state index is 13.5. The van der Waals surface area contributed by atoms with Gasteiger partial charge in [0.1, 0.15) is 16.4 Å². The summed E-state index contributed by atoms with van der Waals surface area (Å²) in [4.78, 5) is 26.4. The largest absolute Gasteiger partial charge is 0.462 e. The summed E-state index contributed by atoms with van der Waals surface area (Å²) in [5, 5.41) is 5.12. The zero-order valence-corrected chi connectivity index (χ0v) is 18.8. The number of thiophene rings is 1. The highest BCUT2D eigenvalue weighted by Crippen LogP contribution is 2.37. The molecule has 0 saturated carbocycles. The highest BCUT2D eigenvalue weighted by atomic mass is 32.1. The number of carbonyl (C=O) groups is 2. The van der Waals surface area contributed by atoms with E-state index in [9.17, 15) is 14.0 Å². The number of carbonyl (C=O) groups excluding carboxylic acids is 2. The maximum absolute atomic E-state index is 13.5. The van der Waals surface area contributed by atoms with E-state index in [2.05, 4.69) is 5.32 Å². The first-order chi connectivity index (χ1) is 16.1. The van der Waals surface area contributed by atoms with E-state index >= 15 is 0 Å². The van der Waals surface area contributed by atoms with Crippen molar-refractivity contribution in [2.24, 2.45) is 0 Å². The summed E-state index contributed by atoms with van der Waals surface area (Å²) >= 11 is 1.24. The number of amides is 1. The monoisotopic (exact) mass is 459 g/mol. The second-order valence-corrected chi connectivity index (χ2v) is 8.20. The molecule has 0 fully saturated rings. The van der Waals surface area contributed by atoms with Gasteiger partial charge in [0, 0.05) is 10.9 Å². The van der Waals surface area contributed by atoms with Crippen LogP contribution < -0.4 is 5.32 Å². The summed E-state index contributed by atoms with van der Waals surface area (Å²) in [6, 6.07) is 24.8. The maximum Gasteiger partial charge on any atom is 0.341 e. The lowest BCUT2D eigenvalue weighted by Gasteiger charge is -2.18. The van der Waals surface area contributed by atoms with Crippen LogP contribution in [0.25, 0.3) is 11.1 Å². The van der Waals surface area contributed by atoms with Gasteiger partial charge in [0.15, 0.2) is 0 Å². The molecule has 0 aliphatic rings. The van der Waals surface area contributed by atoms with E-state index in [4.69, 9.17) is 4.74 Å². The van der Waals surface area contributed by atoms with Crippen LogP contribution in [0.3, 0.4) is 0 Å². The van der Waals surface area contributed by atoms with Crippen LogP contribution in [0.15, 0.2) is 90.3 Å². The van der Waals surface area contributed by atoms with Crippen LogP contribution in [0.5, 0.6) is 0 Å². The molecule has 0 unspecified atom stereocenters. The quantitative estimate of drug-likeness (QED) is 0.321. The zero-order chi connectivity index (χ0) is 23.2. The molecule has 0 spiro atoms. The van der Waals surface area contributed by atoms with Crippen molar-refractivity contribution in [1.82, 2.24) is 0 Å². The molecule has 166 valence electrons. The Balaban J connectivity index is 1.73. The number of hydrogen-bond donors (Lipinski definition) is 1. The molecule has 0 aliphatic carbocycles. The molecule has 4 rings (SSSR count). The number of esters is 1. The first-order valence-electron chi connectivity index (χ1n) is 10.5. The van der Waals surface area contributed by atoms with Gasteiger partial charge in [-0.25, -0.2) is 9.18 Å². The Kier molecular flexibility index (Phi) is 6.95. The molecule has 1 heterocycles. The molecule has 6 heteroatoms. The van der Waals surface area contributed by atoms with Gasteiger partial charge in [-0.1, -0.05) is 72.8 Å². The fourth-order valence-electron chi connectivity index (χ4n) is 3.67. The molecular weight excluding hydrogens is 437 g/mol. The normalized spacial score (nSPS) is 10.8. The van der Waals surface area contributed by atoms with E-state index in [1.165, 1.54) is 23.5 Å². The predicted octanol–water partition coefficient (Wildman–Crippen LogP) is 6.50. The molecular formula is C27H22FNO3S. The third-order valence-corrected chi connectivity index (χ3v) is 6.09. The van der Waals surface area contributed by atoms with Crippen LogP contribution in [-0.4, -0.2) is 18.5 Å². The molecule has 0 atom stereocenters.